The van der Waals surface area contributed by atoms with Crippen LogP contribution in [0.4, 0.5) is 0 Å². The highest BCUT2D eigenvalue weighted by Gasteiger charge is 2.31. The van der Waals surface area contributed by atoms with E-state index in [-0.39, 0.29) is 35.2 Å². The first-order valence-electron chi connectivity index (χ1n) is 8.44. The highest BCUT2D eigenvalue weighted by atomic mass is 35.5. The molecule has 2 atom stereocenters. The summed E-state index contributed by atoms with van der Waals surface area (Å²) in [6.07, 6.45) is 2.18. The largest absolute Gasteiger partial charge is 0.497 e. The van der Waals surface area contributed by atoms with Gasteiger partial charge in [0.05, 0.1) is 12.0 Å². The van der Waals surface area contributed by atoms with Crippen molar-refractivity contribution in [2.45, 2.75) is 43.7 Å². The molecule has 1 saturated carbocycles. The molecule has 0 aliphatic heterocycles. The number of amides is 1. The Balaban J connectivity index is 0.00000338. The molecule has 1 aliphatic carbocycles. The van der Waals surface area contributed by atoms with Crippen molar-refractivity contribution >= 4 is 28.3 Å². The minimum absolute atomic E-state index is 0. The second-order valence-electron chi connectivity index (χ2n) is 6.76. The molecule has 0 bridgehead atoms. The number of carbonyl (C=O) groups excluding carboxylic acids is 1. The van der Waals surface area contributed by atoms with Crippen molar-refractivity contribution in [3.8, 4) is 5.75 Å². The van der Waals surface area contributed by atoms with Gasteiger partial charge >= 0.3 is 0 Å². The summed E-state index contributed by atoms with van der Waals surface area (Å²) in [5, 5.41) is 2.77. The molecule has 7 nitrogen and oxygen atoms in total. The number of rotatable bonds is 9. The number of nitrogens with two attached hydrogens (primary N) is 1. The van der Waals surface area contributed by atoms with Crippen molar-refractivity contribution in [2.75, 3.05) is 13.7 Å². The summed E-state index contributed by atoms with van der Waals surface area (Å²) in [6.45, 7) is 3.94. The molecular formula is C17H28ClN3O4S. The quantitative estimate of drug-likeness (QED) is 0.573. The Morgan fingerprint density at radius 2 is 1.85 bits per heavy atom. The normalized spacial score (nSPS) is 16.5. The third kappa shape index (κ3) is 6.12. The van der Waals surface area contributed by atoms with Gasteiger partial charge in [-0.25, -0.2) is 8.42 Å². The van der Waals surface area contributed by atoms with E-state index < -0.39 is 16.1 Å². The molecule has 2 unspecified atom stereocenters. The molecule has 1 fully saturated rings. The zero-order chi connectivity index (χ0) is 18.6. The summed E-state index contributed by atoms with van der Waals surface area (Å²) >= 11 is 0. The van der Waals surface area contributed by atoms with Crippen molar-refractivity contribution in [1.29, 1.82) is 0 Å². The van der Waals surface area contributed by atoms with Gasteiger partial charge in [0.2, 0.25) is 15.9 Å². The smallest absolute Gasteiger partial charge is 0.241 e. The van der Waals surface area contributed by atoms with Crippen molar-refractivity contribution in [1.82, 2.24) is 10.0 Å². The Hall–Kier alpha value is -1.35. The van der Waals surface area contributed by atoms with Crippen LogP contribution in [0.25, 0.3) is 0 Å². The molecule has 0 saturated heterocycles. The van der Waals surface area contributed by atoms with E-state index in [0.717, 1.165) is 12.8 Å². The number of sulfonamides is 1. The SMILES string of the molecule is COc1ccc(S(=O)(=O)NC(C(=O)NCC(N)C2CC2)C(C)C)cc1.Cl. The first-order valence-corrected chi connectivity index (χ1v) is 9.92. The minimum atomic E-state index is -3.81. The van der Waals surface area contributed by atoms with Gasteiger partial charge in [-0.15, -0.1) is 12.4 Å². The predicted molar refractivity (Wildman–Crippen MR) is 103 cm³/mol. The van der Waals surface area contributed by atoms with Crippen molar-refractivity contribution in [3.63, 3.8) is 0 Å². The van der Waals surface area contributed by atoms with Gasteiger partial charge in [0.15, 0.2) is 0 Å². The monoisotopic (exact) mass is 405 g/mol. The lowest BCUT2D eigenvalue weighted by Crippen LogP contribution is -2.51. The van der Waals surface area contributed by atoms with E-state index in [0.29, 0.717) is 18.2 Å². The Morgan fingerprint density at radius 1 is 1.27 bits per heavy atom. The molecule has 0 radical (unpaired) electrons. The van der Waals surface area contributed by atoms with Gasteiger partial charge in [-0.2, -0.15) is 4.72 Å². The zero-order valence-electron chi connectivity index (χ0n) is 15.3. The number of benzene rings is 1. The van der Waals surface area contributed by atoms with Crippen LogP contribution < -0.4 is 20.5 Å². The molecule has 0 heterocycles. The average molecular weight is 406 g/mol. The second kappa shape index (κ2) is 9.55. The molecule has 0 spiro atoms. The van der Waals surface area contributed by atoms with E-state index in [4.69, 9.17) is 10.5 Å². The number of ether oxygens (including phenoxy) is 1. The minimum Gasteiger partial charge on any atom is -0.497 e. The Kier molecular flexibility index (Phi) is 8.33. The van der Waals surface area contributed by atoms with E-state index >= 15 is 0 Å². The van der Waals surface area contributed by atoms with E-state index in [1.165, 1.54) is 19.2 Å². The summed E-state index contributed by atoms with van der Waals surface area (Å²) in [4.78, 5) is 12.5. The molecule has 4 N–H and O–H groups in total. The van der Waals surface area contributed by atoms with E-state index in [1.807, 2.05) is 0 Å². The number of halogens is 1. The van der Waals surface area contributed by atoms with Crippen LogP contribution in [0.1, 0.15) is 26.7 Å². The number of nitrogens with one attached hydrogen (secondary N) is 2. The average Bonchev–Trinajstić information content (AvgIpc) is 3.42. The van der Waals surface area contributed by atoms with Crippen LogP contribution in [0.2, 0.25) is 0 Å². The van der Waals surface area contributed by atoms with Crippen LogP contribution in [0, 0.1) is 11.8 Å². The molecule has 1 aromatic carbocycles. The van der Waals surface area contributed by atoms with Gasteiger partial charge in [-0.05, 0) is 48.9 Å². The predicted octanol–water partition coefficient (Wildman–Crippen LogP) is 1.27. The molecule has 26 heavy (non-hydrogen) atoms. The number of hydrogen-bond acceptors (Lipinski definition) is 5. The van der Waals surface area contributed by atoms with E-state index in [1.54, 1.807) is 26.0 Å². The summed E-state index contributed by atoms with van der Waals surface area (Å²) in [5.74, 6) is 0.466. The fourth-order valence-electron chi connectivity index (χ4n) is 2.50. The van der Waals surface area contributed by atoms with E-state index in [2.05, 4.69) is 10.0 Å². The highest BCUT2D eigenvalue weighted by Crippen LogP contribution is 2.31. The first kappa shape index (κ1) is 22.7. The maximum absolute atomic E-state index is 12.6. The fraction of sp³-hybridized carbons (Fsp3) is 0.588. The molecule has 1 aliphatic rings. The molecule has 1 aromatic rings. The fourth-order valence-corrected chi connectivity index (χ4v) is 3.85. The summed E-state index contributed by atoms with van der Waals surface area (Å²) in [7, 11) is -2.31. The van der Waals surface area contributed by atoms with E-state index in [9.17, 15) is 13.2 Å². The van der Waals surface area contributed by atoms with Crippen LogP contribution in [0.5, 0.6) is 5.75 Å². The number of methoxy groups -OCH3 is 1. The second-order valence-corrected chi connectivity index (χ2v) is 8.48. The van der Waals surface area contributed by atoms with Crippen LogP contribution in [-0.2, 0) is 14.8 Å². The van der Waals surface area contributed by atoms with Crippen molar-refractivity contribution in [3.05, 3.63) is 24.3 Å². The third-order valence-electron chi connectivity index (χ3n) is 4.34. The molecule has 1 amide bonds. The lowest BCUT2D eigenvalue weighted by Gasteiger charge is -2.22. The van der Waals surface area contributed by atoms with Crippen molar-refractivity contribution in [2.24, 2.45) is 17.6 Å². The van der Waals surface area contributed by atoms with Crippen LogP contribution in [-0.4, -0.2) is 40.1 Å². The van der Waals surface area contributed by atoms with Gasteiger partial charge in [-0.3, -0.25) is 4.79 Å². The maximum Gasteiger partial charge on any atom is 0.241 e. The van der Waals surface area contributed by atoms with Gasteiger partial charge in [0.1, 0.15) is 11.8 Å². The highest BCUT2D eigenvalue weighted by molar-refractivity contribution is 7.89. The van der Waals surface area contributed by atoms with Crippen LogP contribution in [0.15, 0.2) is 29.2 Å². The van der Waals surface area contributed by atoms with Gasteiger partial charge in [0, 0.05) is 12.6 Å². The maximum atomic E-state index is 12.6. The standard InChI is InChI=1S/C17H27N3O4S.ClH/c1-11(2)16(17(21)19-10-15(18)12-4-5-12)20-25(22,23)14-8-6-13(24-3)7-9-14;/h6-9,11-12,15-16,20H,4-5,10,18H2,1-3H3,(H,19,21);1H. The van der Waals surface area contributed by atoms with Crippen molar-refractivity contribution < 1.29 is 17.9 Å². The lowest BCUT2D eigenvalue weighted by atomic mass is 10.0. The molecule has 148 valence electrons. The zero-order valence-corrected chi connectivity index (χ0v) is 16.9. The molecular weight excluding hydrogens is 378 g/mol. The topological polar surface area (TPSA) is 111 Å². The lowest BCUT2D eigenvalue weighted by molar-refractivity contribution is -0.123. The summed E-state index contributed by atoms with van der Waals surface area (Å²) < 4.78 is 32.6. The number of carbonyl (C=O) groups is 1. The Morgan fingerprint density at radius 3 is 2.31 bits per heavy atom. The van der Waals surface area contributed by atoms with Gasteiger partial charge in [-0.1, -0.05) is 13.8 Å². The van der Waals surface area contributed by atoms with Gasteiger partial charge < -0.3 is 15.8 Å². The van der Waals surface area contributed by atoms with Crippen LogP contribution in [0.3, 0.4) is 0 Å². The third-order valence-corrected chi connectivity index (χ3v) is 5.80. The molecule has 0 aromatic heterocycles. The Labute approximate surface area is 161 Å². The Bertz CT molecular complexity index is 690. The number of hydrogen-bond donors (Lipinski definition) is 3. The summed E-state index contributed by atoms with van der Waals surface area (Å²) in [6, 6.07) is 5.08. The van der Waals surface area contributed by atoms with Gasteiger partial charge in [0.25, 0.3) is 0 Å². The molecule has 9 heteroatoms. The summed E-state index contributed by atoms with van der Waals surface area (Å²) in [5.41, 5.74) is 5.98. The molecule has 2 rings (SSSR count). The van der Waals surface area contributed by atoms with Crippen LogP contribution >= 0.6 is 12.4 Å². The first-order chi connectivity index (χ1) is 11.7.